The van der Waals surface area contributed by atoms with Crippen LogP contribution in [0.3, 0.4) is 0 Å². The minimum atomic E-state index is -1.05. The SMILES string of the molecule is O=C(O)C1COCCN1C(=O)NCCc1ccc(Cl)s1. The van der Waals surface area contributed by atoms with E-state index in [4.69, 9.17) is 21.4 Å². The van der Waals surface area contributed by atoms with Gasteiger partial charge in [-0.25, -0.2) is 9.59 Å². The number of carboxylic acid groups (broad SMARTS) is 1. The summed E-state index contributed by atoms with van der Waals surface area (Å²) in [5, 5.41) is 11.8. The average molecular weight is 319 g/mol. The number of hydrogen-bond acceptors (Lipinski definition) is 4. The van der Waals surface area contributed by atoms with Gasteiger partial charge in [0.1, 0.15) is 0 Å². The fourth-order valence-electron chi connectivity index (χ4n) is 1.93. The van der Waals surface area contributed by atoms with Crippen LogP contribution in [-0.4, -0.2) is 54.4 Å². The van der Waals surface area contributed by atoms with E-state index in [-0.39, 0.29) is 19.2 Å². The van der Waals surface area contributed by atoms with Crippen molar-refractivity contribution in [2.75, 3.05) is 26.3 Å². The molecule has 0 aromatic carbocycles. The molecule has 20 heavy (non-hydrogen) atoms. The third kappa shape index (κ3) is 3.84. The second-order valence-electron chi connectivity index (χ2n) is 4.31. The first-order valence-corrected chi connectivity index (χ1v) is 7.36. The van der Waals surface area contributed by atoms with E-state index in [0.29, 0.717) is 23.9 Å². The van der Waals surface area contributed by atoms with Gasteiger partial charge in [0.05, 0.1) is 17.6 Å². The molecule has 1 aromatic heterocycles. The molecule has 2 amide bonds. The van der Waals surface area contributed by atoms with Gasteiger partial charge in [0.2, 0.25) is 0 Å². The number of hydrogen-bond donors (Lipinski definition) is 2. The maximum absolute atomic E-state index is 12.0. The summed E-state index contributed by atoms with van der Waals surface area (Å²) < 4.78 is 5.80. The molecule has 1 aliphatic rings. The topological polar surface area (TPSA) is 78.9 Å². The summed E-state index contributed by atoms with van der Waals surface area (Å²) in [5.41, 5.74) is 0. The molecule has 8 heteroatoms. The highest BCUT2D eigenvalue weighted by molar-refractivity contribution is 7.16. The molecule has 2 N–H and O–H groups in total. The van der Waals surface area contributed by atoms with E-state index in [2.05, 4.69) is 5.32 Å². The molecule has 2 rings (SSSR count). The molecule has 0 spiro atoms. The van der Waals surface area contributed by atoms with Crippen molar-refractivity contribution in [1.82, 2.24) is 10.2 Å². The second kappa shape index (κ2) is 6.92. The summed E-state index contributed by atoms with van der Waals surface area (Å²) >= 11 is 7.29. The van der Waals surface area contributed by atoms with Gasteiger partial charge >= 0.3 is 12.0 Å². The lowest BCUT2D eigenvalue weighted by Crippen LogP contribution is -2.55. The number of carboxylic acids is 1. The molecule has 1 unspecified atom stereocenters. The lowest BCUT2D eigenvalue weighted by atomic mass is 10.2. The number of carbonyl (C=O) groups is 2. The summed E-state index contributed by atoms with van der Waals surface area (Å²) in [6.45, 7) is 1.12. The van der Waals surface area contributed by atoms with Crippen molar-refractivity contribution in [2.45, 2.75) is 12.5 Å². The molecule has 1 fully saturated rings. The van der Waals surface area contributed by atoms with E-state index in [1.165, 1.54) is 16.2 Å². The fraction of sp³-hybridized carbons (Fsp3) is 0.500. The van der Waals surface area contributed by atoms with E-state index in [1.54, 1.807) is 0 Å². The number of thiophene rings is 1. The average Bonchev–Trinajstić information content (AvgIpc) is 2.84. The van der Waals surface area contributed by atoms with E-state index in [1.807, 2.05) is 12.1 Å². The molecule has 0 aliphatic carbocycles. The molecule has 2 heterocycles. The Morgan fingerprint density at radius 2 is 2.35 bits per heavy atom. The number of ether oxygens (including phenoxy) is 1. The zero-order chi connectivity index (χ0) is 14.5. The number of nitrogens with zero attached hydrogens (tertiary/aromatic N) is 1. The largest absolute Gasteiger partial charge is 0.480 e. The van der Waals surface area contributed by atoms with Crippen molar-refractivity contribution in [3.63, 3.8) is 0 Å². The number of carbonyl (C=O) groups excluding carboxylic acids is 1. The monoisotopic (exact) mass is 318 g/mol. The van der Waals surface area contributed by atoms with Gasteiger partial charge in [-0.15, -0.1) is 11.3 Å². The van der Waals surface area contributed by atoms with Crippen LogP contribution >= 0.6 is 22.9 Å². The Bertz CT molecular complexity index is 494. The molecular formula is C12H15ClN2O4S. The molecule has 6 nitrogen and oxygen atoms in total. The van der Waals surface area contributed by atoms with Gasteiger partial charge in [0.15, 0.2) is 6.04 Å². The highest BCUT2D eigenvalue weighted by Gasteiger charge is 2.32. The molecule has 110 valence electrons. The third-order valence-electron chi connectivity index (χ3n) is 2.95. The van der Waals surface area contributed by atoms with Gasteiger partial charge < -0.3 is 20.1 Å². The van der Waals surface area contributed by atoms with E-state index >= 15 is 0 Å². The van der Waals surface area contributed by atoms with Crippen LogP contribution in [-0.2, 0) is 16.0 Å². The standard InChI is InChI=1S/C12H15ClN2O4S/c13-10-2-1-8(20-10)3-4-14-12(18)15-5-6-19-7-9(15)11(16)17/h1-2,9H,3-7H2,(H,14,18)(H,16,17). The smallest absolute Gasteiger partial charge is 0.328 e. The lowest BCUT2D eigenvalue weighted by molar-refractivity contribution is -0.147. The van der Waals surface area contributed by atoms with Gasteiger partial charge in [-0.1, -0.05) is 11.6 Å². The van der Waals surface area contributed by atoms with Crippen molar-refractivity contribution in [2.24, 2.45) is 0 Å². The van der Waals surface area contributed by atoms with Crippen LogP contribution in [0, 0.1) is 0 Å². The van der Waals surface area contributed by atoms with Crippen LogP contribution in [0.2, 0.25) is 4.34 Å². The van der Waals surface area contributed by atoms with Crippen molar-refractivity contribution in [1.29, 1.82) is 0 Å². The van der Waals surface area contributed by atoms with Crippen LogP contribution in [0.4, 0.5) is 4.79 Å². The zero-order valence-electron chi connectivity index (χ0n) is 10.7. The number of rotatable bonds is 4. The van der Waals surface area contributed by atoms with E-state index in [0.717, 1.165) is 4.88 Å². The van der Waals surface area contributed by atoms with Crippen LogP contribution in [0.15, 0.2) is 12.1 Å². The number of amides is 2. The quantitative estimate of drug-likeness (QED) is 0.880. The molecule has 0 radical (unpaired) electrons. The molecule has 1 aliphatic heterocycles. The minimum absolute atomic E-state index is 0.0310. The lowest BCUT2D eigenvalue weighted by Gasteiger charge is -2.32. The molecule has 1 aromatic rings. The summed E-state index contributed by atoms with van der Waals surface area (Å²) in [5.74, 6) is -1.05. The first-order valence-electron chi connectivity index (χ1n) is 6.17. The number of morpholine rings is 1. The van der Waals surface area contributed by atoms with Crippen molar-refractivity contribution >= 4 is 34.9 Å². The summed E-state index contributed by atoms with van der Waals surface area (Å²) in [4.78, 5) is 25.4. The van der Waals surface area contributed by atoms with Gasteiger partial charge in [0.25, 0.3) is 0 Å². The summed E-state index contributed by atoms with van der Waals surface area (Å²) in [7, 11) is 0. The van der Waals surface area contributed by atoms with Gasteiger partial charge in [-0.2, -0.15) is 0 Å². The second-order valence-corrected chi connectivity index (χ2v) is 6.11. The highest BCUT2D eigenvalue weighted by atomic mass is 35.5. The van der Waals surface area contributed by atoms with Crippen LogP contribution < -0.4 is 5.32 Å². The molecule has 0 saturated carbocycles. The molecule has 1 atom stereocenters. The number of halogens is 1. The normalized spacial score (nSPS) is 18.9. The molecular weight excluding hydrogens is 304 g/mol. The molecule has 0 bridgehead atoms. The Morgan fingerprint density at radius 3 is 3.00 bits per heavy atom. The van der Waals surface area contributed by atoms with Crippen LogP contribution in [0.25, 0.3) is 0 Å². The maximum atomic E-state index is 12.0. The fourth-order valence-corrected chi connectivity index (χ4v) is 3.02. The number of urea groups is 1. The molecule has 1 saturated heterocycles. The van der Waals surface area contributed by atoms with Crippen LogP contribution in [0.1, 0.15) is 4.88 Å². The zero-order valence-corrected chi connectivity index (χ0v) is 12.2. The van der Waals surface area contributed by atoms with E-state index < -0.39 is 12.0 Å². The maximum Gasteiger partial charge on any atom is 0.328 e. The van der Waals surface area contributed by atoms with Gasteiger partial charge in [0, 0.05) is 18.0 Å². The predicted octanol–water partition coefficient (Wildman–Crippen LogP) is 1.44. The van der Waals surface area contributed by atoms with Crippen molar-refractivity contribution < 1.29 is 19.4 Å². The first-order chi connectivity index (χ1) is 9.58. The van der Waals surface area contributed by atoms with Gasteiger partial charge in [-0.3, -0.25) is 0 Å². The van der Waals surface area contributed by atoms with Crippen molar-refractivity contribution in [3.8, 4) is 0 Å². The van der Waals surface area contributed by atoms with Crippen LogP contribution in [0.5, 0.6) is 0 Å². The minimum Gasteiger partial charge on any atom is -0.480 e. The predicted molar refractivity (Wildman–Crippen MR) is 75.4 cm³/mol. The first kappa shape index (κ1) is 15.1. The Hall–Kier alpha value is -1.31. The van der Waals surface area contributed by atoms with Crippen molar-refractivity contribution in [3.05, 3.63) is 21.3 Å². The van der Waals surface area contributed by atoms with Gasteiger partial charge in [-0.05, 0) is 18.6 Å². The Morgan fingerprint density at radius 1 is 1.55 bits per heavy atom. The number of aliphatic carboxylic acids is 1. The van der Waals surface area contributed by atoms with E-state index in [9.17, 15) is 9.59 Å². The summed E-state index contributed by atoms with van der Waals surface area (Å²) in [6.07, 6.45) is 0.672. The third-order valence-corrected chi connectivity index (χ3v) is 4.24. The summed E-state index contributed by atoms with van der Waals surface area (Å²) in [6, 6.07) is 2.43. The highest BCUT2D eigenvalue weighted by Crippen LogP contribution is 2.21. The Balaban J connectivity index is 1.82. The Labute approximate surface area is 125 Å². The Kier molecular flexibility index (Phi) is 5.22. The number of nitrogens with one attached hydrogen (secondary N) is 1.